The van der Waals surface area contributed by atoms with Gasteiger partial charge in [-0.1, -0.05) is 18.2 Å². The Morgan fingerprint density at radius 1 is 1.23 bits per heavy atom. The highest BCUT2D eigenvalue weighted by Crippen LogP contribution is 2.34. The van der Waals surface area contributed by atoms with E-state index in [9.17, 15) is 9.18 Å². The fourth-order valence-electron chi connectivity index (χ4n) is 3.61. The standard InChI is InChI=1S/C20H21FN4O/c1-13-6-7-14(12-16(13)21)19(26)25-10-8-20(9-11-25)23-17-5-3-2-4-15(17)18(22)24-20/h2-7,12,23H,8-11H2,1H3,(H2,22,24). The molecular formula is C20H21FN4O. The van der Waals surface area contributed by atoms with Crippen molar-refractivity contribution in [3.8, 4) is 0 Å². The zero-order chi connectivity index (χ0) is 18.3. The molecule has 0 aromatic heterocycles. The molecule has 0 saturated carbocycles. The fraction of sp³-hybridized carbons (Fsp3) is 0.300. The van der Waals surface area contributed by atoms with Gasteiger partial charge in [0, 0.05) is 42.7 Å². The maximum absolute atomic E-state index is 13.8. The number of piperidine rings is 1. The number of nitrogens with one attached hydrogen (secondary N) is 1. The Labute approximate surface area is 151 Å². The van der Waals surface area contributed by atoms with Crippen molar-refractivity contribution in [2.45, 2.75) is 25.4 Å². The molecule has 2 heterocycles. The molecule has 1 amide bonds. The molecule has 2 aliphatic heterocycles. The number of nitrogens with two attached hydrogens (primary N) is 1. The van der Waals surface area contributed by atoms with Gasteiger partial charge in [-0.25, -0.2) is 9.38 Å². The van der Waals surface area contributed by atoms with E-state index >= 15 is 0 Å². The van der Waals surface area contributed by atoms with Crippen LogP contribution in [0.4, 0.5) is 10.1 Å². The van der Waals surface area contributed by atoms with E-state index in [0.717, 1.165) is 11.3 Å². The molecule has 6 heteroatoms. The number of carbonyl (C=O) groups is 1. The van der Waals surface area contributed by atoms with E-state index in [0.29, 0.717) is 42.9 Å². The second-order valence-electron chi connectivity index (χ2n) is 6.96. The molecule has 0 bridgehead atoms. The van der Waals surface area contributed by atoms with Crippen LogP contribution in [-0.2, 0) is 0 Å². The third-order valence-electron chi connectivity index (χ3n) is 5.20. The van der Waals surface area contributed by atoms with Gasteiger partial charge < -0.3 is 16.0 Å². The lowest BCUT2D eigenvalue weighted by Gasteiger charge is -2.42. The fourth-order valence-corrected chi connectivity index (χ4v) is 3.61. The highest BCUT2D eigenvalue weighted by Gasteiger charge is 2.38. The van der Waals surface area contributed by atoms with Crippen LogP contribution in [0.15, 0.2) is 47.5 Å². The number of para-hydroxylation sites is 1. The Bertz CT molecular complexity index is 900. The van der Waals surface area contributed by atoms with E-state index in [1.54, 1.807) is 24.0 Å². The first-order valence-corrected chi connectivity index (χ1v) is 8.76. The number of amides is 1. The third kappa shape index (κ3) is 2.81. The molecule has 2 aromatic carbocycles. The first kappa shape index (κ1) is 16.6. The summed E-state index contributed by atoms with van der Waals surface area (Å²) in [5.74, 6) is 0.0268. The van der Waals surface area contributed by atoms with Crippen LogP contribution >= 0.6 is 0 Å². The Balaban J connectivity index is 1.50. The highest BCUT2D eigenvalue weighted by molar-refractivity contribution is 6.04. The lowest BCUT2D eigenvalue weighted by atomic mass is 9.93. The second-order valence-corrected chi connectivity index (χ2v) is 6.96. The number of benzene rings is 2. The molecule has 0 unspecified atom stereocenters. The second kappa shape index (κ2) is 6.12. The number of anilines is 1. The normalized spacial score (nSPS) is 18.1. The molecule has 26 heavy (non-hydrogen) atoms. The zero-order valence-electron chi connectivity index (χ0n) is 14.6. The largest absolute Gasteiger partial charge is 0.383 e. The summed E-state index contributed by atoms with van der Waals surface area (Å²) in [7, 11) is 0. The number of rotatable bonds is 1. The summed E-state index contributed by atoms with van der Waals surface area (Å²) in [6, 6.07) is 12.5. The van der Waals surface area contributed by atoms with Crippen molar-refractivity contribution in [3.63, 3.8) is 0 Å². The summed E-state index contributed by atoms with van der Waals surface area (Å²) in [4.78, 5) is 19.1. The number of halogens is 1. The number of aryl methyl sites for hydroxylation is 1. The highest BCUT2D eigenvalue weighted by atomic mass is 19.1. The molecule has 2 aromatic rings. The van der Waals surface area contributed by atoms with Gasteiger partial charge in [-0.05, 0) is 36.8 Å². The summed E-state index contributed by atoms with van der Waals surface area (Å²) in [5.41, 5.74) is 8.48. The van der Waals surface area contributed by atoms with Crippen LogP contribution in [0.1, 0.15) is 34.3 Å². The van der Waals surface area contributed by atoms with Crippen LogP contribution < -0.4 is 11.1 Å². The van der Waals surface area contributed by atoms with Gasteiger partial charge in [0.1, 0.15) is 17.3 Å². The van der Waals surface area contributed by atoms with Crippen molar-refractivity contribution in [3.05, 3.63) is 65.0 Å². The summed E-state index contributed by atoms with van der Waals surface area (Å²) in [6.07, 6.45) is 1.31. The lowest BCUT2D eigenvalue weighted by molar-refractivity contribution is 0.0685. The van der Waals surface area contributed by atoms with Crippen molar-refractivity contribution in [1.82, 2.24) is 4.90 Å². The summed E-state index contributed by atoms with van der Waals surface area (Å²) in [6.45, 7) is 2.77. The van der Waals surface area contributed by atoms with Crippen LogP contribution in [-0.4, -0.2) is 35.4 Å². The van der Waals surface area contributed by atoms with Gasteiger partial charge in [0.15, 0.2) is 0 Å². The third-order valence-corrected chi connectivity index (χ3v) is 5.20. The van der Waals surface area contributed by atoms with Crippen LogP contribution in [0, 0.1) is 12.7 Å². The van der Waals surface area contributed by atoms with Crippen LogP contribution in [0.25, 0.3) is 0 Å². The van der Waals surface area contributed by atoms with Crippen molar-refractivity contribution in [2.75, 3.05) is 18.4 Å². The molecule has 0 atom stereocenters. The molecule has 1 spiro atoms. The minimum atomic E-state index is -0.478. The number of hydrogen-bond donors (Lipinski definition) is 2. The topological polar surface area (TPSA) is 70.7 Å². The van der Waals surface area contributed by atoms with Gasteiger partial charge in [0.25, 0.3) is 5.91 Å². The Morgan fingerprint density at radius 3 is 2.69 bits per heavy atom. The number of carbonyl (C=O) groups excluding carboxylic acids is 1. The number of hydrogen-bond acceptors (Lipinski definition) is 4. The zero-order valence-corrected chi connectivity index (χ0v) is 14.6. The lowest BCUT2D eigenvalue weighted by Crippen LogP contribution is -2.52. The van der Waals surface area contributed by atoms with Crippen molar-refractivity contribution in [1.29, 1.82) is 0 Å². The van der Waals surface area contributed by atoms with Crippen LogP contribution in [0.3, 0.4) is 0 Å². The smallest absolute Gasteiger partial charge is 0.253 e. The quantitative estimate of drug-likeness (QED) is 0.829. The van der Waals surface area contributed by atoms with Gasteiger partial charge in [-0.3, -0.25) is 4.79 Å². The van der Waals surface area contributed by atoms with Crippen molar-refractivity contribution < 1.29 is 9.18 Å². The monoisotopic (exact) mass is 352 g/mol. The number of nitrogens with zero attached hydrogens (tertiary/aromatic N) is 2. The van der Waals surface area contributed by atoms with Gasteiger partial charge in [-0.15, -0.1) is 0 Å². The van der Waals surface area contributed by atoms with E-state index in [1.807, 2.05) is 24.3 Å². The van der Waals surface area contributed by atoms with Crippen LogP contribution in [0.5, 0.6) is 0 Å². The van der Waals surface area contributed by atoms with Gasteiger partial charge in [-0.2, -0.15) is 0 Å². The van der Waals surface area contributed by atoms with Crippen molar-refractivity contribution in [2.24, 2.45) is 10.7 Å². The summed E-state index contributed by atoms with van der Waals surface area (Å²) in [5, 5.41) is 3.49. The maximum Gasteiger partial charge on any atom is 0.253 e. The average Bonchev–Trinajstić information content (AvgIpc) is 2.64. The Kier molecular flexibility index (Phi) is 3.90. The minimum absolute atomic E-state index is 0.146. The molecule has 1 fully saturated rings. The van der Waals surface area contributed by atoms with E-state index in [4.69, 9.17) is 10.7 Å². The van der Waals surface area contributed by atoms with Gasteiger partial charge in [0.2, 0.25) is 0 Å². The minimum Gasteiger partial charge on any atom is -0.383 e. The Morgan fingerprint density at radius 2 is 1.96 bits per heavy atom. The molecule has 5 nitrogen and oxygen atoms in total. The van der Waals surface area contributed by atoms with E-state index in [1.165, 1.54) is 6.07 Å². The summed E-state index contributed by atoms with van der Waals surface area (Å²) < 4.78 is 13.8. The van der Waals surface area contributed by atoms with Crippen LogP contribution in [0.2, 0.25) is 0 Å². The molecule has 3 N–H and O–H groups in total. The summed E-state index contributed by atoms with van der Waals surface area (Å²) >= 11 is 0. The van der Waals surface area contributed by atoms with Crippen molar-refractivity contribution >= 4 is 17.4 Å². The molecule has 134 valence electrons. The number of fused-ring (bicyclic) bond motifs is 1. The first-order chi connectivity index (χ1) is 12.5. The van der Waals surface area contributed by atoms with E-state index in [-0.39, 0.29) is 11.7 Å². The predicted octanol–water partition coefficient (Wildman–Crippen LogP) is 2.90. The van der Waals surface area contributed by atoms with E-state index in [2.05, 4.69) is 5.32 Å². The Hall–Kier alpha value is -2.89. The SMILES string of the molecule is Cc1ccc(C(=O)N2CCC3(CC2)N=C(N)c2ccccc2N3)cc1F. The number of aliphatic imine (C=N–C) groups is 1. The molecule has 0 aliphatic carbocycles. The number of amidine groups is 1. The predicted molar refractivity (Wildman–Crippen MR) is 99.8 cm³/mol. The van der Waals surface area contributed by atoms with Gasteiger partial charge >= 0.3 is 0 Å². The molecule has 0 radical (unpaired) electrons. The molecule has 1 saturated heterocycles. The molecule has 4 rings (SSSR count). The molecule has 2 aliphatic rings. The molecular weight excluding hydrogens is 331 g/mol. The number of likely N-dealkylation sites (tertiary alicyclic amines) is 1. The first-order valence-electron chi connectivity index (χ1n) is 8.76. The van der Waals surface area contributed by atoms with E-state index < -0.39 is 5.66 Å². The maximum atomic E-state index is 13.8. The van der Waals surface area contributed by atoms with Gasteiger partial charge in [0.05, 0.1) is 0 Å². The average molecular weight is 352 g/mol.